The number of halogens is 3. The minimum absolute atomic E-state index is 0.0208. The molecule has 84 valence electrons. The van der Waals surface area contributed by atoms with Gasteiger partial charge in [0.15, 0.2) is 0 Å². The third-order valence-electron chi connectivity index (χ3n) is 2.63. The highest BCUT2D eigenvalue weighted by molar-refractivity contribution is 9.10. The van der Waals surface area contributed by atoms with Gasteiger partial charge < -0.3 is 5.73 Å². The van der Waals surface area contributed by atoms with Gasteiger partial charge >= 0.3 is 0 Å². The molecule has 0 radical (unpaired) electrons. The van der Waals surface area contributed by atoms with E-state index in [1.165, 1.54) is 12.1 Å². The summed E-state index contributed by atoms with van der Waals surface area (Å²) < 4.78 is 27.4. The zero-order valence-electron chi connectivity index (χ0n) is 8.73. The van der Waals surface area contributed by atoms with Crippen LogP contribution in [-0.2, 0) is 0 Å². The molecule has 1 aromatic carbocycles. The van der Waals surface area contributed by atoms with Crippen molar-refractivity contribution in [3.63, 3.8) is 0 Å². The summed E-state index contributed by atoms with van der Waals surface area (Å²) >= 11 is 3.03. The van der Waals surface area contributed by atoms with E-state index in [9.17, 15) is 8.78 Å². The second-order valence-electron chi connectivity index (χ2n) is 3.69. The molecule has 0 saturated carbocycles. The van der Waals surface area contributed by atoms with Gasteiger partial charge in [-0.25, -0.2) is 8.78 Å². The molecule has 0 aliphatic rings. The van der Waals surface area contributed by atoms with Crippen molar-refractivity contribution in [3.8, 4) is 0 Å². The molecule has 0 fully saturated rings. The van der Waals surface area contributed by atoms with Crippen LogP contribution < -0.4 is 5.73 Å². The van der Waals surface area contributed by atoms with Crippen molar-refractivity contribution in [1.82, 2.24) is 0 Å². The standard InChI is InChI=1S/C11H14BrF2N/c1-3-6(2)11(15)10-8(13)4-7(12)5-9(10)14/h4-6,11H,3,15H2,1-2H3/t6?,11-/m0/s1. The summed E-state index contributed by atoms with van der Waals surface area (Å²) in [5.41, 5.74) is 5.78. The molecule has 0 saturated heterocycles. The van der Waals surface area contributed by atoms with Crippen LogP contribution in [0, 0.1) is 17.6 Å². The van der Waals surface area contributed by atoms with Gasteiger partial charge in [0.05, 0.1) is 0 Å². The van der Waals surface area contributed by atoms with Crippen LogP contribution in [0.15, 0.2) is 16.6 Å². The number of rotatable bonds is 3. The Bertz CT molecular complexity index is 331. The van der Waals surface area contributed by atoms with E-state index in [1.54, 1.807) is 0 Å². The topological polar surface area (TPSA) is 26.0 Å². The lowest BCUT2D eigenvalue weighted by atomic mass is 9.93. The molecule has 0 aliphatic heterocycles. The van der Waals surface area contributed by atoms with Crippen molar-refractivity contribution in [2.45, 2.75) is 26.3 Å². The van der Waals surface area contributed by atoms with Gasteiger partial charge in [-0.1, -0.05) is 36.2 Å². The van der Waals surface area contributed by atoms with Gasteiger partial charge in [-0.15, -0.1) is 0 Å². The number of hydrogen-bond donors (Lipinski definition) is 1. The lowest BCUT2D eigenvalue weighted by Gasteiger charge is -2.20. The van der Waals surface area contributed by atoms with Crippen LogP contribution in [0.1, 0.15) is 31.9 Å². The molecule has 15 heavy (non-hydrogen) atoms. The second-order valence-corrected chi connectivity index (χ2v) is 4.61. The molecule has 1 unspecified atom stereocenters. The Hall–Kier alpha value is -0.480. The summed E-state index contributed by atoms with van der Waals surface area (Å²) in [5, 5.41) is 0. The fourth-order valence-electron chi connectivity index (χ4n) is 1.41. The summed E-state index contributed by atoms with van der Waals surface area (Å²) in [6.07, 6.45) is 0.788. The van der Waals surface area contributed by atoms with E-state index in [2.05, 4.69) is 15.9 Å². The highest BCUT2D eigenvalue weighted by Gasteiger charge is 2.21. The van der Waals surface area contributed by atoms with E-state index < -0.39 is 17.7 Å². The van der Waals surface area contributed by atoms with Gasteiger partial charge in [0.2, 0.25) is 0 Å². The fourth-order valence-corrected chi connectivity index (χ4v) is 1.81. The Morgan fingerprint density at radius 2 is 1.80 bits per heavy atom. The Morgan fingerprint density at radius 1 is 1.33 bits per heavy atom. The van der Waals surface area contributed by atoms with Crippen LogP contribution in [0.3, 0.4) is 0 Å². The van der Waals surface area contributed by atoms with Gasteiger partial charge in [-0.2, -0.15) is 0 Å². The molecule has 2 atom stereocenters. The molecule has 1 aromatic rings. The quantitative estimate of drug-likeness (QED) is 0.894. The van der Waals surface area contributed by atoms with Crippen LogP contribution in [0.25, 0.3) is 0 Å². The molecular formula is C11H14BrF2N. The van der Waals surface area contributed by atoms with E-state index in [0.717, 1.165) is 6.42 Å². The SMILES string of the molecule is CCC(C)[C@H](N)c1c(F)cc(Br)cc1F. The Kier molecular flexibility index (Phi) is 4.22. The summed E-state index contributed by atoms with van der Waals surface area (Å²) in [7, 11) is 0. The van der Waals surface area contributed by atoms with Crippen LogP contribution in [-0.4, -0.2) is 0 Å². The van der Waals surface area contributed by atoms with Gasteiger partial charge in [-0.3, -0.25) is 0 Å². The minimum Gasteiger partial charge on any atom is -0.324 e. The molecule has 4 heteroatoms. The Morgan fingerprint density at radius 3 is 2.20 bits per heavy atom. The first-order valence-corrected chi connectivity index (χ1v) is 5.66. The molecule has 0 heterocycles. The molecule has 0 bridgehead atoms. The second kappa shape index (κ2) is 5.03. The number of benzene rings is 1. The maximum Gasteiger partial charge on any atom is 0.132 e. The van der Waals surface area contributed by atoms with Gasteiger partial charge in [-0.05, 0) is 18.1 Å². The van der Waals surface area contributed by atoms with E-state index in [4.69, 9.17) is 5.73 Å². The molecule has 1 rings (SSSR count). The van der Waals surface area contributed by atoms with E-state index in [-0.39, 0.29) is 11.5 Å². The predicted octanol–water partition coefficient (Wildman–Crippen LogP) is 3.77. The van der Waals surface area contributed by atoms with Gasteiger partial charge in [0, 0.05) is 16.1 Å². The van der Waals surface area contributed by atoms with Crippen molar-refractivity contribution in [3.05, 3.63) is 33.8 Å². The first-order valence-electron chi connectivity index (χ1n) is 4.87. The molecular weight excluding hydrogens is 264 g/mol. The van der Waals surface area contributed by atoms with Gasteiger partial charge in [0.1, 0.15) is 11.6 Å². The highest BCUT2D eigenvalue weighted by Crippen LogP contribution is 2.28. The molecule has 2 N–H and O–H groups in total. The normalized spacial score (nSPS) is 15.1. The highest BCUT2D eigenvalue weighted by atomic mass is 79.9. The predicted molar refractivity (Wildman–Crippen MR) is 60.4 cm³/mol. The van der Waals surface area contributed by atoms with Crippen LogP contribution in [0.5, 0.6) is 0 Å². The lowest BCUT2D eigenvalue weighted by molar-refractivity contribution is 0.419. The van der Waals surface area contributed by atoms with Crippen molar-refractivity contribution >= 4 is 15.9 Å². The average molecular weight is 278 g/mol. The first kappa shape index (κ1) is 12.6. The van der Waals surface area contributed by atoms with Gasteiger partial charge in [0.25, 0.3) is 0 Å². The van der Waals surface area contributed by atoms with Crippen LogP contribution >= 0.6 is 15.9 Å². The van der Waals surface area contributed by atoms with Crippen molar-refractivity contribution < 1.29 is 8.78 Å². The number of nitrogens with two attached hydrogens (primary N) is 1. The largest absolute Gasteiger partial charge is 0.324 e. The maximum absolute atomic E-state index is 13.5. The smallest absolute Gasteiger partial charge is 0.132 e. The zero-order chi connectivity index (χ0) is 11.6. The van der Waals surface area contributed by atoms with Crippen LogP contribution in [0.2, 0.25) is 0 Å². The maximum atomic E-state index is 13.5. The summed E-state index contributed by atoms with van der Waals surface area (Å²) in [4.78, 5) is 0. The van der Waals surface area contributed by atoms with E-state index >= 15 is 0 Å². The number of hydrogen-bond acceptors (Lipinski definition) is 1. The summed E-state index contributed by atoms with van der Waals surface area (Å²) in [6.45, 7) is 3.82. The van der Waals surface area contributed by atoms with Crippen LogP contribution in [0.4, 0.5) is 8.78 Å². The Labute approximate surface area is 96.8 Å². The molecule has 0 aromatic heterocycles. The lowest BCUT2D eigenvalue weighted by Crippen LogP contribution is -2.21. The van der Waals surface area contributed by atoms with Crippen molar-refractivity contribution in [2.75, 3.05) is 0 Å². The summed E-state index contributed by atoms with van der Waals surface area (Å²) in [5.74, 6) is -1.13. The molecule has 0 aliphatic carbocycles. The first-order chi connectivity index (χ1) is 6.97. The van der Waals surface area contributed by atoms with E-state index in [1.807, 2.05) is 13.8 Å². The van der Waals surface area contributed by atoms with Crippen molar-refractivity contribution in [2.24, 2.45) is 11.7 Å². The van der Waals surface area contributed by atoms with E-state index in [0.29, 0.717) is 4.47 Å². The monoisotopic (exact) mass is 277 g/mol. The third kappa shape index (κ3) is 2.75. The zero-order valence-corrected chi connectivity index (χ0v) is 10.3. The summed E-state index contributed by atoms with van der Waals surface area (Å²) in [6, 6.07) is 1.88. The third-order valence-corrected chi connectivity index (χ3v) is 3.09. The molecule has 0 spiro atoms. The minimum atomic E-state index is -0.594. The molecule has 1 nitrogen and oxygen atoms in total. The fraction of sp³-hybridized carbons (Fsp3) is 0.455. The Balaban J connectivity index is 3.13. The average Bonchev–Trinajstić information content (AvgIpc) is 2.14. The van der Waals surface area contributed by atoms with Crippen molar-refractivity contribution in [1.29, 1.82) is 0 Å². The molecule has 0 amide bonds.